The molecule has 1 aliphatic heterocycles. The lowest BCUT2D eigenvalue weighted by atomic mass is 10.1. The maximum absolute atomic E-state index is 13.2. The number of hydrogen-bond donors (Lipinski definition) is 2. The normalized spacial score (nSPS) is 28.4. The molecule has 0 radical (unpaired) electrons. The average molecular weight is 278 g/mol. The molecule has 0 bridgehead atoms. The summed E-state index contributed by atoms with van der Waals surface area (Å²) in [5.41, 5.74) is 7.55. The van der Waals surface area contributed by atoms with E-state index in [0.29, 0.717) is 6.54 Å². The lowest BCUT2D eigenvalue weighted by molar-refractivity contribution is -0.132. The predicted octanol–water partition coefficient (Wildman–Crippen LogP) is 1.44. The van der Waals surface area contributed by atoms with Gasteiger partial charge in [-0.2, -0.15) is 0 Å². The van der Waals surface area contributed by atoms with Crippen LogP contribution in [-0.2, 0) is 16.0 Å². The van der Waals surface area contributed by atoms with E-state index in [-0.39, 0.29) is 23.9 Å². The molecule has 3 N–H and O–H groups in total. The Labute approximate surface area is 117 Å². The minimum absolute atomic E-state index is 0.00397. The van der Waals surface area contributed by atoms with Crippen molar-refractivity contribution in [1.29, 1.82) is 0 Å². The maximum Gasteiger partial charge on any atom is 0.249 e. The molecule has 1 unspecified atom stereocenters. The summed E-state index contributed by atoms with van der Waals surface area (Å²) in [5.74, 6) is -0.302. The van der Waals surface area contributed by atoms with E-state index in [1.807, 2.05) is 0 Å². The van der Waals surface area contributed by atoms with Gasteiger partial charge in [-0.05, 0) is 48.9 Å². The molecule has 2 aliphatic rings. The fourth-order valence-electron chi connectivity index (χ4n) is 3.07. The van der Waals surface area contributed by atoms with Crippen molar-refractivity contribution in [1.82, 2.24) is 5.32 Å². The molecule has 4 nitrogen and oxygen atoms in total. The number of carbonyl (C=O) groups is 1. The van der Waals surface area contributed by atoms with E-state index >= 15 is 0 Å². The summed E-state index contributed by atoms with van der Waals surface area (Å²) in [7, 11) is 0. The molecule has 3 atom stereocenters. The Morgan fingerprint density at radius 2 is 2.25 bits per heavy atom. The van der Waals surface area contributed by atoms with Crippen LogP contribution >= 0.6 is 0 Å². The Morgan fingerprint density at radius 1 is 1.40 bits per heavy atom. The van der Waals surface area contributed by atoms with Gasteiger partial charge >= 0.3 is 0 Å². The van der Waals surface area contributed by atoms with Gasteiger partial charge in [0.2, 0.25) is 5.91 Å². The molecule has 0 aromatic heterocycles. The molecule has 0 saturated carbocycles. The molecular weight excluding hydrogens is 259 g/mol. The average Bonchev–Trinajstić information content (AvgIpc) is 3.05. The largest absolute Gasteiger partial charge is 0.364 e. The standard InChI is InChI=1S/C15H19FN2O2/c16-10-2-4-12-9(7-10)1-5-13(12)18-15(19)14-6-3-11(8-17)20-14/h2,4,7,11,13-14H,1,3,5-6,8,17H2,(H,18,19)/t11-,13?,14+/m1/s1. The van der Waals surface area contributed by atoms with E-state index in [9.17, 15) is 9.18 Å². The van der Waals surface area contributed by atoms with E-state index in [1.54, 1.807) is 12.1 Å². The van der Waals surface area contributed by atoms with Crippen LogP contribution in [0.3, 0.4) is 0 Å². The van der Waals surface area contributed by atoms with Crippen LogP contribution in [0, 0.1) is 5.82 Å². The van der Waals surface area contributed by atoms with Crippen molar-refractivity contribution >= 4 is 5.91 Å². The second-order valence-corrected chi connectivity index (χ2v) is 5.50. The van der Waals surface area contributed by atoms with E-state index in [2.05, 4.69) is 5.32 Å². The highest BCUT2D eigenvalue weighted by molar-refractivity contribution is 5.81. The van der Waals surface area contributed by atoms with Gasteiger partial charge < -0.3 is 15.8 Å². The first-order valence-electron chi connectivity index (χ1n) is 7.11. The van der Waals surface area contributed by atoms with Crippen LogP contribution in [0.1, 0.15) is 36.4 Å². The first kappa shape index (κ1) is 13.5. The topological polar surface area (TPSA) is 64.4 Å². The zero-order valence-electron chi connectivity index (χ0n) is 11.3. The number of nitrogens with two attached hydrogens (primary N) is 1. The van der Waals surface area contributed by atoms with E-state index in [4.69, 9.17) is 10.5 Å². The molecule has 0 spiro atoms. The molecule has 5 heteroatoms. The fraction of sp³-hybridized carbons (Fsp3) is 0.533. The number of ether oxygens (including phenoxy) is 1. The van der Waals surface area contributed by atoms with E-state index in [1.165, 1.54) is 6.07 Å². The van der Waals surface area contributed by atoms with E-state index < -0.39 is 6.10 Å². The number of aryl methyl sites for hydroxylation is 1. The Morgan fingerprint density at radius 3 is 3.00 bits per heavy atom. The zero-order chi connectivity index (χ0) is 14.1. The number of carbonyl (C=O) groups excluding carboxylic acids is 1. The Bertz CT molecular complexity index is 521. The van der Waals surface area contributed by atoms with Gasteiger partial charge in [-0.1, -0.05) is 6.07 Å². The van der Waals surface area contributed by atoms with Crippen LogP contribution < -0.4 is 11.1 Å². The number of halogens is 1. The van der Waals surface area contributed by atoms with Crippen molar-refractivity contribution < 1.29 is 13.9 Å². The van der Waals surface area contributed by atoms with Gasteiger partial charge in [0, 0.05) is 6.54 Å². The van der Waals surface area contributed by atoms with Gasteiger partial charge in [-0.25, -0.2) is 4.39 Å². The molecule has 1 heterocycles. The number of rotatable bonds is 3. The van der Waals surface area contributed by atoms with Crippen LogP contribution in [0.5, 0.6) is 0 Å². The Kier molecular flexibility index (Phi) is 3.72. The fourth-order valence-corrected chi connectivity index (χ4v) is 3.07. The molecule has 1 aliphatic carbocycles. The summed E-state index contributed by atoms with van der Waals surface area (Å²) in [6, 6.07) is 4.73. The maximum atomic E-state index is 13.2. The summed E-state index contributed by atoms with van der Waals surface area (Å²) in [6.45, 7) is 0.454. The van der Waals surface area contributed by atoms with Crippen molar-refractivity contribution in [3.63, 3.8) is 0 Å². The van der Waals surface area contributed by atoms with Crippen molar-refractivity contribution in [3.05, 3.63) is 35.1 Å². The highest BCUT2D eigenvalue weighted by Gasteiger charge is 2.32. The minimum Gasteiger partial charge on any atom is -0.364 e. The Hall–Kier alpha value is -1.46. The number of amides is 1. The van der Waals surface area contributed by atoms with Gasteiger partial charge in [-0.15, -0.1) is 0 Å². The molecule has 1 amide bonds. The van der Waals surface area contributed by atoms with Crippen LogP contribution in [0.15, 0.2) is 18.2 Å². The lowest BCUT2D eigenvalue weighted by Gasteiger charge is -2.18. The van der Waals surface area contributed by atoms with Crippen molar-refractivity contribution in [2.45, 2.75) is 43.9 Å². The Balaban J connectivity index is 1.64. The van der Waals surface area contributed by atoms with Crippen LogP contribution in [-0.4, -0.2) is 24.7 Å². The molecule has 1 aromatic rings. The summed E-state index contributed by atoms with van der Waals surface area (Å²) in [6.07, 6.45) is 2.77. The van der Waals surface area contributed by atoms with Gasteiger partial charge in [0.05, 0.1) is 12.1 Å². The van der Waals surface area contributed by atoms with Gasteiger partial charge in [-0.3, -0.25) is 4.79 Å². The second-order valence-electron chi connectivity index (χ2n) is 5.50. The van der Waals surface area contributed by atoms with Crippen LogP contribution in [0.2, 0.25) is 0 Å². The van der Waals surface area contributed by atoms with Crippen LogP contribution in [0.4, 0.5) is 4.39 Å². The molecule has 20 heavy (non-hydrogen) atoms. The second kappa shape index (κ2) is 5.50. The zero-order valence-corrected chi connectivity index (χ0v) is 11.3. The highest BCUT2D eigenvalue weighted by atomic mass is 19.1. The third-order valence-corrected chi connectivity index (χ3v) is 4.16. The monoisotopic (exact) mass is 278 g/mol. The summed E-state index contributed by atoms with van der Waals surface area (Å²) < 4.78 is 18.8. The number of nitrogens with one attached hydrogen (secondary N) is 1. The number of fused-ring (bicyclic) bond motifs is 1. The molecule has 1 saturated heterocycles. The highest BCUT2D eigenvalue weighted by Crippen LogP contribution is 2.32. The smallest absolute Gasteiger partial charge is 0.249 e. The third kappa shape index (κ3) is 2.55. The molecular formula is C15H19FN2O2. The first-order valence-corrected chi connectivity index (χ1v) is 7.11. The van der Waals surface area contributed by atoms with E-state index in [0.717, 1.165) is 36.8 Å². The van der Waals surface area contributed by atoms with Crippen molar-refractivity contribution in [3.8, 4) is 0 Å². The summed E-state index contributed by atoms with van der Waals surface area (Å²) in [4.78, 5) is 12.2. The quantitative estimate of drug-likeness (QED) is 0.879. The molecule has 108 valence electrons. The lowest BCUT2D eigenvalue weighted by Crippen LogP contribution is -2.37. The van der Waals surface area contributed by atoms with Gasteiger partial charge in [0.15, 0.2) is 0 Å². The van der Waals surface area contributed by atoms with Gasteiger partial charge in [0.25, 0.3) is 0 Å². The molecule has 1 aromatic carbocycles. The van der Waals surface area contributed by atoms with Crippen molar-refractivity contribution in [2.75, 3.05) is 6.54 Å². The first-order chi connectivity index (χ1) is 9.67. The summed E-state index contributed by atoms with van der Waals surface area (Å²) >= 11 is 0. The van der Waals surface area contributed by atoms with Gasteiger partial charge in [0.1, 0.15) is 11.9 Å². The SMILES string of the molecule is NC[C@H]1CC[C@@H](C(=O)NC2CCc3cc(F)ccc32)O1. The number of benzene rings is 1. The van der Waals surface area contributed by atoms with Crippen molar-refractivity contribution in [2.24, 2.45) is 5.73 Å². The molecule has 3 rings (SSSR count). The minimum atomic E-state index is -0.395. The third-order valence-electron chi connectivity index (χ3n) is 4.16. The molecule has 1 fully saturated rings. The predicted molar refractivity (Wildman–Crippen MR) is 72.6 cm³/mol. The number of hydrogen-bond acceptors (Lipinski definition) is 3. The summed E-state index contributed by atoms with van der Waals surface area (Å²) in [5, 5.41) is 3.01. The van der Waals surface area contributed by atoms with Crippen LogP contribution in [0.25, 0.3) is 0 Å².